The molecule has 0 aromatic heterocycles. The van der Waals surface area contributed by atoms with E-state index in [-0.39, 0.29) is 24.2 Å². The van der Waals surface area contributed by atoms with Crippen molar-refractivity contribution < 1.29 is 18.4 Å². The van der Waals surface area contributed by atoms with Crippen molar-refractivity contribution in [1.29, 1.82) is 0 Å². The lowest BCUT2D eigenvalue weighted by Gasteiger charge is -2.22. The highest BCUT2D eigenvalue weighted by molar-refractivity contribution is 5.98. The highest BCUT2D eigenvalue weighted by atomic mass is 35.5. The van der Waals surface area contributed by atoms with Gasteiger partial charge in [0.05, 0.1) is 0 Å². The molecular formula is C16H24ClF2N3O2. The van der Waals surface area contributed by atoms with Crippen molar-refractivity contribution in [2.75, 3.05) is 20.1 Å². The van der Waals surface area contributed by atoms with Crippen molar-refractivity contribution in [3.8, 4) is 0 Å². The first kappa shape index (κ1) is 22.3. The monoisotopic (exact) mass is 363 g/mol. The largest absolute Gasteiger partial charge is 0.354 e. The topological polar surface area (TPSA) is 70.2 Å². The van der Waals surface area contributed by atoms with Gasteiger partial charge in [-0.3, -0.25) is 9.59 Å². The highest BCUT2D eigenvalue weighted by Gasteiger charge is 2.26. The molecule has 1 aromatic carbocycles. The van der Waals surface area contributed by atoms with Crippen molar-refractivity contribution in [2.24, 2.45) is 5.92 Å². The van der Waals surface area contributed by atoms with Gasteiger partial charge in [-0.25, -0.2) is 8.78 Å². The van der Waals surface area contributed by atoms with Gasteiger partial charge in [0.1, 0.15) is 23.2 Å². The molecule has 0 spiro atoms. The third-order valence-corrected chi connectivity index (χ3v) is 3.33. The zero-order valence-electron chi connectivity index (χ0n) is 14.0. The average molecular weight is 364 g/mol. The van der Waals surface area contributed by atoms with E-state index in [1.165, 1.54) is 6.07 Å². The van der Waals surface area contributed by atoms with Gasteiger partial charge >= 0.3 is 0 Å². The molecule has 136 valence electrons. The van der Waals surface area contributed by atoms with Gasteiger partial charge in [-0.05, 0) is 38.1 Å². The second kappa shape index (κ2) is 10.9. The Morgan fingerprint density at radius 1 is 1.12 bits per heavy atom. The lowest BCUT2D eigenvalue weighted by atomic mass is 10.0. The summed E-state index contributed by atoms with van der Waals surface area (Å²) in [6.07, 6.45) is 0.739. The first-order valence-electron chi connectivity index (χ1n) is 7.55. The zero-order chi connectivity index (χ0) is 17.4. The standard InChI is InChI=1S/C16H23F2N3O2.ClH/c1-10(2)14(16(23)20-9-5-8-19-3)21-15(22)13-11(17)6-4-7-12(13)18;/h4,6-7,10,14,19H,5,8-9H2,1-3H3,(H,20,23)(H,21,22);1H. The van der Waals surface area contributed by atoms with Gasteiger partial charge in [-0.1, -0.05) is 19.9 Å². The van der Waals surface area contributed by atoms with Gasteiger partial charge in [-0.2, -0.15) is 0 Å². The second-order valence-corrected chi connectivity index (χ2v) is 5.54. The molecule has 0 radical (unpaired) electrons. The molecule has 0 saturated carbocycles. The summed E-state index contributed by atoms with van der Waals surface area (Å²) in [5.41, 5.74) is -0.680. The summed E-state index contributed by atoms with van der Waals surface area (Å²) in [5, 5.41) is 8.07. The Morgan fingerprint density at radius 2 is 1.71 bits per heavy atom. The molecule has 0 aliphatic heterocycles. The summed E-state index contributed by atoms with van der Waals surface area (Å²) < 4.78 is 27.3. The van der Waals surface area contributed by atoms with Gasteiger partial charge < -0.3 is 16.0 Å². The molecule has 3 N–H and O–H groups in total. The molecule has 2 amide bonds. The Labute approximate surface area is 147 Å². The first-order valence-corrected chi connectivity index (χ1v) is 7.55. The van der Waals surface area contributed by atoms with Crippen LogP contribution in [0.3, 0.4) is 0 Å². The minimum atomic E-state index is -0.959. The lowest BCUT2D eigenvalue weighted by Crippen LogP contribution is -2.50. The van der Waals surface area contributed by atoms with Gasteiger partial charge in [0.2, 0.25) is 5.91 Å². The summed E-state index contributed by atoms with van der Waals surface area (Å²) in [6, 6.07) is 2.31. The van der Waals surface area contributed by atoms with E-state index in [1.54, 1.807) is 13.8 Å². The molecule has 1 rings (SSSR count). The van der Waals surface area contributed by atoms with Crippen LogP contribution in [0.4, 0.5) is 8.78 Å². The highest BCUT2D eigenvalue weighted by Crippen LogP contribution is 2.13. The van der Waals surface area contributed by atoms with Gasteiger partial charge in [0.25, 0.3) is 5.91 Å². The van der Waals surface area contributed by atoms with E-state index in [0.29, 0.717) is 6.54 Å². The third-order valence-electron chi connectivity index (χ3n) is 3.33. The molecular weight excluding hydrogens is 340 g/mol. The van der Waals surface area contributed by atoms with Crippen LogP contribution in [0, 0.1) is 17.6 Å². The van der Waals surface area contributed by atoms with Crippen LogP contribution in [-0.2, 0) is 4.79 Å². The van der Waals surface area contributed by atoms with Gasteiger partial charge in [-0.15, -0.1) is 12.4 Å². The SMILES string of the molecule is CNCCCNC(=O)C(NC(=O)c1c(F)cccc1F)C(C)C.Cl. The van der Waals surface area contributed by atoms with E-state index in [0.717, 1.165) is 25.1 Å². The Hall–Kier alpha value is -1.73. The molecule has 1 unspecified atom stereocenters. The Morgan fingerprint density at radius 3 is 2.21 bits per heavy atom. The molecule has 0 fully saturated rings. The number of hydrogen-bond donors (Lipinski definition) is 3. The molecule has 0 aliphatic carbocycles. The Kier molecular flexibility index (Phi) is 10.1. The minimum Gasteiger partial charge on any atom is -0.354 e. The van der Waals surface area contributed by atoms with Gasteiger partial charge in [0.15, 0.2) is 0 Å². The molecule has 0 heterocycles. The number of carbonyl (C=O) groups excluding carboxylic acids is 2. The maximum absolute atomic E-state index is 13.6. The van der Waals surface area contributed by atoms with Crippen LogP contribution in [0.15, 0.2) is 18.2 Å². The maximum atomic E-state index is 13.6. The van der Waals surface area contributed by atoms with E-state index >= 15 is 0 Å². The lowest BCUT2D eigenvalue weighted by molar-refractivity contribution is -0.123. The van der Waals surface area contributed by atoms with Crippen LogP contribution in [0.2, 0.25) is 0 Å². The number of halogens is 3. The smallest absolute Gasteiger partial charge is 0.257 e. The number of nitrogens with one attached hydrogen (secondary N) is 3. The van der Waals surface area contributed by atoms with Gasteiger partial charge in [0, 0.05) is 6.54 Å². The predicted molar refractivity (Wildman–Crippen MR) is 91.3 cm³/mol. The van der Waals surface area contributed by atoms with Crippen LogP contribution >= 0.6 is 12.4 Å². The normalized spacial score (nSPS) is 11.6. The fourth-order valence-electron chi connectivity index (χ4n) is 2.05. The summed E-state index contributed by atoms with van der Waals surface area (Å²) in [4.78, 5) is 24.3. The van der Waals surface area contributed by atoms with Crippen molar-refractivity contribution in [3.63, 3.8) is 0 Å². The molecule has 5 nitrogen and oxygen atoms in total. The quantitative estimate of drug-likeness (QED) is 0.617. The molecule has 0 bridgehead atoms. The molecule has 0 saturated heterocycles. The fourth-order valence-corrected chi connectivity index (χ4v) is 2.05. The first-order chi connectivity index (χ1) is 10.9. The number of rotatable bonds is 8. The fraction of sp³-hybridized carbons (Fsp3) is 0.500. The van der Waals surface area contributed by atoms with E-state index < -0.39 is 29.1 Å². The summed E-state index contributed by atoms with van der Waals surface area (Å²) in [7, 11) is 1.81. The number of amides is 2. The number of carbonyl (C=O) groups is 2. The molecule has 1 atom stereocenters. The van der Waals surface area contributed by atoms with Crippen LogP contribution in [0.25, 0.3) is 0 Å². The number of benzene rings is 1. The van der Waals surface area contributed by atoms with Crippen molar-refractivity contribution >= 4 is 24.2 Å². The van der Waals surface area contributed by atoms with E-state index in [2.05, 4.69) is 16.0 Å². The maximum Gasteiger partial charge on any atom is 0.257 e. The Bertz CT molecular complexity index is 536. The van der Waals surface area contributed by atoms with Crippen LogP contribution in [0.5, 0.6) is 0 Å². The minimum absolute atomic E-state index is 0. The van der Waals surface area contributed by atoms with Crippen LogP contribution in [-0.4, -0.2) is 38.0 Å². The van der Waals surface area contributed by atoms with E-state index in [9.17, 15) is 18.4 Å². The predicted octanol–water partition coefficient (Wildman–Crippen LogP) is 1.87. The van der Waals surface area contributed by atoms with E-state index in [4.69, 9.17) is 0 Å². The van der Waals surface area contributed by atoms with Crippen LogP contribution < -0.4 is 16.0 Å². The molecule has 8 heteroatoms. The van der Waals surface area contributed by atoms with Crippen molar-refractivity contribution in [2.45, 2.75) is 26.3 Å². The molecule has 0 aliphatic rings. The third kappa shape index (κ3) is 6.41. The summed E-state index contributed by atoms with van der Waals surface area (Å²) in [6.45, 7) is 4.69. The Balaban J connectivity index is 0.00000529. The van der Waals surface area contributed by atoms with E-state index in [1.807, 2.05) is 7.05 Å². The summed E-state index contributed by atoms with van der Waals surface area (Å²) in [5.74, 6) is -3.46. The van der Waals surface area contributed by atoms with Crippen LogP contribution in [0.1, 0.15) is 30.6 Å². The number of hydrogen-bond acceptors (Lipinski definition) is 3. The zero-order valence-corrected chi connectivity index (χ0v) is 14.8. The summed E-state index contributed by atoms with van der Waals surface area (Å²) >= 11 is 0. The average Bonchev–Trinajstić information content (AvgIpc) is 2.48. The molecule has 24 heavy (non-hydrogen) atoms. The molecule has 1 aromatic rings. The van der Waals surface area contributed by atoms with Crippen molar-refractivity contribution in [3.05, 3.63) is 35.4 Å². The van der Waals surface area contributed by atoms with Crippen molar-refractivity contribution in [1.82, 2.24) is 16.0 Å². The second-order valence-electron chi connectivity index (χ2n) is 5.54.